The first-order valence-corrected chi connectivity index (χ1v) is 7.26. The number of fused-ring (bicyclic) bond motifs is 1. The van der Waals surface area contributed by atoms with Gasteiger partial charge in [-0.2, -0.15) is 0 Å². The van der Waals surface area contributed by atoms with E-state index in [2.05, 4.69) is 35.9 Å². The molecule has 1 heterocycles. The highest BCUT2D eigenvalue weighted by Crippen LogP contribution is 2.23. The predicted octanol–water partition coefficient (Wildman–Crippen LogP) is 4.18. The monoisotopic (exact) mass is 281 g/mol. The summed E-state index contributed by atoms with van der Waals surface area (Å²) in [6.45, 7) is 3.64. The van der Waals surface area contributed by atoms with E-state index < -0.39 is 0 Å². The summed E-state index contributed by atoms with van der Waals surface area (Å²) in [5.41, 5.74) is 2.35. The lowest BCUT2D eigenvalue weighted by Crippen LogP contribution is -1.98. The van der Waals surface area contributed by atoms with E-state index >= 15 is 0 Å². The third-order valence-electron chi connectivity index (χ3n) is 3.50. The lowest BCUT2D eigenvalue weighted by atomic mass is 10.2. The first kappa shape index (κ1) is 13.6. The van der Waals surface area contributed by atoms with Crippen LogP contribution in [-0.4, -0.2) is 16.3 Å². The molecular weight excluding hydrogens is 262 g/mol. The number of aromatic hydroxyl groups is 1. The Balaban J connectivity index is 1.84. The van der Waals surface area contributed by atoms with E-state index in [1.807, 2.05) is 18.2 Å². The van der Waals surface area contributed by atoms with Gasteiger partial charge in [-0.3, -0.25) is 0 Å². The van der Waals surface area contributed by atoms with Crippen LogP contribution in [0.4, 0.5) is 0 Å². The van der Waals surface area contributed by atoms with Gasteiger partial charge in [-0.05, 0) is 48.4 Å². The SMILES string of the molecule is CCCOc1ccc2c(ccn2Cc2ccc(O)cc2)c1. The predicted molar refractivity (Wildman–Crippen MR) is 84.9 cm³/mol. The molecule has 0 unspecified atom stereocenters. The molecule has 2 aromatic carbocycles. The summed E-state index contributed by atoms with van der Waals surface area (Å²) in [5, 5.41) is 10.5. The Hall–Kier alpha value is -2.42. The molecule has 3 nitrogen and oxygen atoms in total. The van der Waals surface area contributed by atoms with Gasteiger partial charge in [0.2, 0.25) is 0 Å². The Morgan fingerprint density at radius 1 is 1.05 bits per heavy atom. The van der Waals surface area contributed by atoms with Crippen LogP contribution in [0.25, 0.3) is 10.9 Å². The molecule has 0 saturated carbocycles. The van der Waals surface area contributed by atoms with E-state index in [4.69, 9.17) is 4.74 Å². The van der Waals surface area contributed by atoms with Gasteiger partial charge in [-0.15, -0.1) is 0 Å². The standard InChI is InChI=1S/C18H19NO2/c1-2-11-21-17-7-8-18-15(12-17)9-10-19(18)13-14-3-5-16(20)6-4-14/h3-10,12,20H,2,11,13H2,1H3. The van der Waals surface area contributed by atoms with Gasteiger partial charge in [0.1, 0.15) is 11.5 Å². The lowest BCUT2D eigenvalue weighted by molar-refractivity contribution is 0.318. The van der Waals surface area contributed by atoms with Crippen molar-refractivity contribution in [3.8, 4) is 11.5 Å². The highest BCUT2D eigenvalue weighted by molar-refractivity contribution is 5.81. The zero-order chi connectivity index (χ0) is 14.7. The summed E-state index contributed by atoms with van der Waals surface area (Å²) < 4.78 is 7.87. The minimum Gasteiger partial charge on any atom is -0.508 e. The van der Waals surface area contributed by atoms with E-state index in [1.54, 1.807) is 12.1 Å². The van der Waals surface area contributed by atoms with Gasteiger partial charge < -0.3 is 14.4 Å². The Morgan fingerprint density at radius 3 is 2.62 bits per heavy atom. The van der Waals surface area contributed by atoms with Crippen molar-refractivity contribution in [2.75, 3.05) is 6.61 Å². The van der Waals surface area contributed by atoms with Crippen molar-refractivity contribution >= 4 is 10.9 Å². The number of hydrogen-bond acceptors (Lipinski definition) is 2. The van der Waals surface area contributed by atoms with Crippen molar-refractivity contribution in [2.24, 2.45) is 0 Å². The van der Waals surface area contributed by atoms with Gasteiger partial charge >= 0.3 is 0 Å². The minimum atomic E-state index is 0.300. The molecule has 0 aliphatic heterocycles. The van der Waals surface area contributed by atoms with Gasteiger partial charge in [0.25, 0.3) is 0 Å². The zero-order valence-electron chi connectivity index (χ0n) is 12.1. The molecule has 108 valence electrons. The lowest BCUT2D eigenvalue weighted by Gasteiger charge is -2.08. The number of phenols is 1. The van der Waals surface area contributed by atoms with Gasteiger partial charge in [0.15, 0.2) is 0 Å². The number of rotatable bonds is 5. The van der Waals surface area contributed by atoms with Crippen molar-refractivity contribution in [2.45, 2.75) is 19.9 Å². The van der Waals surface area contributed by atoms with Gasteiger partial charge in [-0.1, -0.05) is 19.1 Å². The molecule has 0 fully saturated rings. The van der Waals surface area contributed by atoms with Crippen molar-refractivity contribution in [1.82, 2.24) is 4.57 Å². The first-order valence-electron chi connectivity index (χ1n) is 7.26. The van der Waals surface area contributed by atoms with Crippen LogP contribution in [0.3, 0.4) is 0 Å². The average Bonchev–Trinajstić information content (AvgIpc) is 2.90. The van der Waals surface area contributed by atoms with Crippen LogP contribution in [0.2, 0.25) is 0 Å². The fourth-order valence-electron chi connectivity index (χ4n) is 2.42. The van der Waals surface area contributed by atoms with Crippen LogP contribution in [0.5, 0.6) is 11.5 Å². The van der Waals surface area contributed by atoms with Gasteiger partial charge in [0.05, 0.1) is 6.61 Å². The van der Waals surface area contributed by atoms with Crippen LogP contribution in [-0.2, 0) is 6.54 Å². The summed E-state index contributed by atoms with van der Waals surface area (Å²) in [4.78, 5) is 0. The third-order valence-corrected chi connectivity index (χ3v) is 3.50. The highest BCUT2D eigenvalue weighted by atomic mass is 16.5. The van der Waals surface area contributed by atoms with E-state index in [9.17, 15) is 5.11 Å². The molecule has 3 rings (SSSR count). The molecule has 1 aromatic heterocycles. The number of aromatic nitrogens is 1. The molecule has 0 atom stereocenters. The van der Waals surface area contributed by atoms with Crippen molar-refractivity contribution in [1.29, 1.82) is 0 Å². The Labute approximate surface area is 124 Å². The van der Waals surface area contributed by atoms with Crippen LogP contribution >= 0.6 is 0 Å². The van der Waals surface area contributed by atoms with E-state index in [0.717, 1.165) is 30.9 Å². The zero-order valence-corrected chi connectivity index (χ0v) is 12.1. The molecule has 1 N–H and O–H groups in total. The van der Waals surface area contributed by atoms with Gasteiger partial charge in [0, 0.05) is 23.6 Å². The maximum absolute atomic E-state index is 9.34. The molecule has 0 spiro atoms. The molecule has 3 aromatic rings. The second-order valence-corrected chi connectivity index (χ2v) is 5.18. The van der Waals surface area contributed by atoms with Crippen LogP contribution in [0.1, 0.15) is 18.9 Å². The summed E-state index contributed by atoms with van der Waals surface area (Å²) in [6.07, 6.45) is 3.10. The Kier molecular flexibility index (Phi) is 3.82. The Morgan fingerprint density at radius 2 is 1.86 bits per heavy atom. The summed E-state index contributed by atoms with van der Waals surface area (Å²) in [7, 11) is 0. The third kappa shape index (κ3) is 3.02. The molecule has 0 radical (unpaired) electrons. The van der Waals surface area contributed by atoms with E-state index in [-0.39, 0.29) is 0 Å². The minimum absolute atomic E-state index is 0.300. The summed E-state index contributed by atoms with van der Waals surface area (Å²) >= 11 is 0. The van der Waals surface area contributed by atoms with Crippen LogP contribution in [0, 0.1) is 0 Å². The number of benzene rings is 2. The van der Waals surface area contributed by atoms with E-state index in [0.29, 0.717) is 5.75 Å². The highest BCUT2D eigenvalue weighted by Gasteiger charge is 2.04. The molecule has 0 bridgehead atoms. The van der Waals surface area contributed by atoms with Gasteiger partial charge in [-0.25, -0.2) is 0 Å². The maximum atomic E-state index is 9.34. The molecule has 21 heavy (non-hydrogen) atoms. The number of phenolic OH excluding ortho intramolecular Hbond substituents is 1. The fraction of sp³-hybridized carbons (Fsp3) is 0.222. The van der Waals surface area contributed by atoms with Crippen molar-refractivity contribution in [3.05, 3.63) is 60.3 Å². The second-order valence-electron chi connectivity index (χ2n) is 5.18. The molecule has 0 aliphatic rings. The fourth-order valence-corrected chi connectivity index (χ4v) is 2.42. The first-order chi connectivity index (χ1) is 10.3. The molecular formula is C18H19NO2. The maximum Gasteiger partial charge on any atom is 0.120 e. The number of nitrogens with zero attached hydrogens (tertiary/aromatic N) is 1. The second kappa shape index (κ2) is 5.92. The molecule has 0 amide bonds. The van der Waals surface area contributed by atoms with Crippen molar-refractivity contribution < 1.29 is 9.84 Å². The number of hydrogen-bond donors (Lipinski definition) is 1. The largest absolute Gasteiger partial charge is 0.508 e. The molecule has 0 aliphatic carbocycles. The number of ether oxygens (including phenoxy) is 1. The summed E-state index contributed by atoms with van der Waals surface area (Å²) in [6, 6.07) is 15.6. The quantitative estimate of drug-likeness (QED) is 0.761. The van der Waals surface area contributed by atoms with Crippen molar-refractivity contribution in [3.63, 3.8) is 0 Å². The molecule has 0 saturated heterocycles. The van der Waals surface area contributed by atoms with Crippen LogP contribution in [0.15, 0.2) is 54.7 Å². The average molecular weight is 281 g/mol. The normalized spacial score (nSPS) is 10.9. The smallest absolute Gasteiger partial charge is 0.120 e. The summed E-state index contributed by atoms with van der Waals surface area (Å²) in [5.74, 6) is 1.22. The van der Waals surface area contributed by atoms with Crippen LogP contribution < -0.4 is 4.74 Å². The van der Waals surface area contributed by atoms with E-state index in [1.165, 1.54) is 10.9 Å². The topological polar surface area (TPSA) is 34.4 Å². The Bertz CT molecular complexity index is 729. The molecule has 3 heteroatoms.